The number of pyridine rings is 1. The highest BCUT2D eigenvalue weighted by Crippen LogP contribution is 2.25. The lowest BCUT2D eigenvalue weighted by atomic mass is 10.2. The molecule has 0 saturated carbocycles. The van der Waals surface area contributed by atoms with Gasteiger partial charge in [-0.1, -0.05) is 0 Å². The fourth-order valence-corrected chi connectivity index (χ4v) is 1.43. The van der Waals surface area contributed by atoms with Crippen LogP contribution in [0.3, 0.4) is 0 Å². The number of rotatable bonds is 1. The molecule has 0 unspecified atom stereocenters. The number of aromatic nitrogens is 3. The molecule has 17 heavy (non-hydrogen) atoms. The van der Waals surface area contributed by atoms with Crippen LogP contribution in [0.25, 0.3) is 11.0 Å². The molecular weight excluding hydrogens is 259 g/mol. The Morgan fingerprint density at radius 3 is 2.65 bits per heavy atom. The Kier molecular flexibility index (Phi) is 2.78. The van der Waals surface area contributed by atoms with Crippen LogP contribution in [-0.2, 0) is 0 Å². The van der Waals surface area contributed by atoms with Crippen LogP contribution < -0.4 is 4.74 Å². The molecule has 0 aliphatic heterocycles. The summed E-state index contributed by atoms with van der Waals surface area (Å²) in [6.45, 7) is 1.58. The Hall–Kier alpha value is -1.63. The fourth-order valence-electron chi connectivity index (χ4n) is 1.30. The zero-order chi connectivity index (χ0) is 12.6. The summed E-state index contributed by atoms with van der Waals surface area (Å²) in [6, 6.07) is 1.14. The Balaban J connectivity index is 2.52. The topological polar surface area (TPSA) is 47.9 Å². The number of hydrogen-bond acceptors (Lipinski definition) is 4. The second kappa shape index (κ2) is 3.99. The maximum Gasteiger partial charge on any atom is 0.574 e. The quantitative estimate of drug-likeness (QED) is 0.742. The van der Waals surface area contributed by atoms with Gasteiger partial charge in [-0.3, -0.25) is 0 Å². The van der Waals surface area contributed by atoms with Gasteiger partial charge in [0.2, 0.25) is 11.2 Å². The van der Waals surface area contributed by atoms with Gasteiger partial charge in [-0.2, -0.15) is 0 Å². The molecule has 8 heteroatoms. The summed E-state index contributed by atoms with van der Waals surface area (Å²) in [5, 5.41) is 0.00638. The lowest BCUT2D eigenvalue weighted by Crippen LogP contribution is -2.18. The standard InChI is InChI=1S/C9H5ClF3N3O/c1-4-2-6(17-9(11,12)13)15-5-3-14-8(10)16-7(4)5/h2-3H,1H3. The maximum atomic E-state index is 12.0. The van der Waals surface area contributed by atoms with Crippen molar-refractivity contribution in [3.63, 3.8) is 0 Å². The molecule has 0 fully saturated rings. The molecule has 2 aromatic heterocycles. The third kappa shape index (κ3) is 2.73. The van der Waals surface area contributed by atoms with Crippen molar-refractivity contribution in [2.24, 2.45) is 0 Å². The van der Waals surface area contributed by atoms with E-state index in [1.54, 1.807) is 6.92 Å². The molecule has 0 aliphatic carbocycles. The first-order valence-electron chi connectivity index (χ1n) is 4.41. The second-order valence-corrected chi connectivity index (χ2v) is 3.54. The van der Waals surface area contributed by atoms with E-state index in [1.807, 2.05) is 0 Å². The SMILES string of the molecule is Cc1cc(OC(F)(F)F)nc2cnc(Cl)nc12. The smallest absolute Gasteiger partial charge is 0.388 e. The number of fused-ring (bicyclic) bond motifs is 1. The van der Waals surface area contributed by atoms with Crippen molar-refractivity contribution in [2.45, 2.75) is 13.3 Å². The van der Waals surface area contributed by atoms with Crippen LogP contribution in [0.2, 0.25) is 5.28 Å². The van der Waals surface area contributed by atoms with Crippen LogP contribution in [0.4, 0.5) is 13.2 Å². The monoisotopic (exact) mass is 263 g/mol. The van der Waals surface area contributed by atoms with Gasteiger partial charge in [0.05, 0.1) is 11.7 Å². The van der Waals surface area contributed by atoms with Crippen molar-refractivity contribution in [3.8, 4) is 5.88 Å². The first kappa shape index (κ1) is 11.8. The average Bonchev–Trinajstić information content (AvgIpc) is 2.17. The van der Waals surface area contributed by atoms with E-state index in [2.05, 4.69) is 19.7 Å². The summed E-state index contributed by atoms with van der Waals surface area (Å²) >= 11 is 5.58. The molecule has 90 valence electrons. The van der Waals surface area contributed by atoms with Crippen molar-refractivity contribution in [2.75, 3.05) is 0 Å². The van der Waals surface area contributed by atoms with Crippen molar-refractivity contribution >= 4 is 22.6 Å². The van der Waals surface area contributed by atoms with Crippen LogP contribution in [0.15, 0.2) is 12.3 Å². The van der Waals surface area contributed by atoms with E-state index in [0.29, 0.717) is 11.1 Å². The van der Waals surface area contributed by atoms with Gasteiger partial charge in [-0.15, -0.1) is 13.2 Å². The minimum atomic E-state index is -4.78. The maximum absolute atomic E-state index is 12.0. The second-order valence-electron chi connectivity index (χ2n) is 3.20. The van der Waals surface area contributed by atoms with Gasteiger partial charge in [0.15, 0.2) is 0 Å². The fraction of sp³-hybridized carbons (Fsp3) is 0.222. The predicted octanol–water partition coefficient (Wildman–Crippen LogP) is 2.89. The highest BCUT2D eigenvalue weighted by Gasteiger charge is 2.32. The average molecular weight is 264 g/mol. The number of alkyl halides is 3. The number of halogens is 4. The third-order valence-electron chi connectivity index (χ3n) is 1.90. The van der Waals surface area contributed by atoms with E-state index < -0.39 is 12.2 Å². The molecule has 0 N–H and O–H groups in total. The van der Waals surface area contributed by atoms with Crippen LogP contribution in [0.5, 0.6) is 5.88 Å². The summed E-state index contributed by atoms with van der Waals surface area (Å²) in [5.41, 5.74) is 1.05. The summed E-state index contributed by atoms with van der Waals surface area (Å²) in [6.07, 6.45) is -3.54. The zero-order valence-corrected chi connectivity index (χ0v) is 9.17. The van der Waals surface area contributed by atoms with E-state index in [0.717, 1.165) is 6.07 Å². The molecule has 0 aliphatic rings. The minimum Gasteiger partial charge on any atom is -0.388 e. The highest BCUT2D eigenvalue weighted by molar-refractivity contribution is 6.28. The van der Waals surface area contributed by atoms with Gasteiger partial charge in [-0.05, 0) is 24.1 Å². The van der Waals surface area contributed by atoms with Gasteiger partial charge >= 0.3 is 6.36 Å². The summed E-state index contributed by atoms with van der Waals surface area (Å²) in [5.74, 6) is -0.548. The van der Waals surface area contributed by atoms with Gasteiger partial charge in [0, 0.05) is 6.07 Å². The lowest BCUT2D eigenvalue weighted by molar-refractivity contribution is -0.276. The first-order chi connectivity index (χ1) is 7.85. The molecule has 0 spiro atoms. The highest BCUT2D eigenvalue weighted by atomic mass is 35.5. The van der Waals surface area contributed by atoms with Gasteiger partial charge in [0.1, 0.15) is 5.52 Å². The molecule has 2 rings (SSSR count). The normalized spacial score (nSPS) is 11.8. The van der Waals surface area contributed by atoms with Crippen LogP contribution in [-0.4, -0.2) is 21.3 Å². The first-order valence-corrected chi connectivity index (χ1v) is 4.78. The van der Waals surface area contributed by atoms with Crippen molar-refractivity contribution < 1.29 is 17.9 Å². The third-order valence-corrected chi connectivity index (χ3v) is 2.09. The molecule has 0 saturated heterocycles. The Morgan fingerprint density at radius 2 is 2.00 bits per heavy atom. The van der Waals surface area contributed by atoms with E-state index in [4.69, 9.17) is 11.6 Å². The van der Waals surface area contributed by atoms with Crippen LogP contribution >= 0.6 is 11.6 Å². The number of ether oxygens (including phenoxy) is 1. The Labute approximate surface area is 98.4 Å². The van der Waals surface area contributed by atoms with E-state index in [9.17, 15) is 13.2 Å². The molecule has 2 aromatic rings. The number of nitrogens with zero attached hydrogens (tertiary/aromatic N) is 3. The van der Waals surface area contributed by atoms with Gasteiger partial charge < -0.3 is 4.74 Å². The predicted molar refractivity (Wildman–Crippen MR) is 53.8 cm³/mol. The van der Waals surface area contributed by atoms with E-state index in [1.165, 1.54) is 6.20 Å². The summed E-state index contributed by atoms with van der Waals surface area (Å²) in [7, 11) is 0. The van der Waals surface area contributed by atoms with Crippen LogP contribution in [0.1, 0.15) is 5.56 Å². The van der Waals surface area contributed by atoms with Crippen LogP contribution in [0, 0.1) is 6.92 Å². The molecular formula is C9H5ClF3N3O. The zero-order valence-electron chi connectivity index (χ0n) is 8.42. The van der Waals surface area contributed by atoms with Gasteiger partial charge in [-0.25, -0.2) is 15.0 Å². The largest absolute Gasteiger partial charge is 0.574 e. The molecule has 0 amide bonds. The number of hydrogen-bond donors (Lipinski definition) is 0. The molecule has 4 nitrogen and oxygen atoms in total. The van der Waals surface area contributed by atoms with Crippen molar-refractivity contribution in [1.82, 2.24) is 15.0 Å². The molecule has 0 radical (unpaired) electrons. The van der Waals surface area contributed by atoms with Crippen molar-refractivity contribution in [3.05, 3.63) is 23.1 Å². The summed E-state index contributed by atoms with van der Waals surface area (Å²) < 4.78 is 39.8. The minimum absolute atomic E-state index is 0.00638. The summed E-state index contributed by atoms with van der Waals surface area (Å²) in [4.78, 5) is 11.1. The molecule has 2 heterocycles. The molecule has 0 atom stereocenters. The lowest BCUT2D eigenvalue weighted by Gasteiger charge is -2.09. The van der Waals surface area contributed by atoms with Crippen molar-refractivity contribution in [1.29, 1.82) is 0 Å². The number of aryl methyl sites for hydroxylation is 1. The van der Waals surface area contributed by atoms with Gasteiger partial charge in [0.25, 0.3) is 0 Å². The van der Waals surface area contributed by atoms with E-state index in [-0.39, 0.29) is 10.8 Å². The molecule has 0 aromatic carbocycles. The Bertz CT molecular complexity index is 573. The molecule has 0 bridgehead atoms. The Morgan fingerprint density at radius 1 is 1.29 bits per heavy atom. The van der Waals surface area contributed by atoms with E-state index >= 15 is 0 Å².